The Hall–Kier alpha value is -2.41. The summed E-state index contributed by atoms with van der Waals surface area (Å²) in [4.78, 5) is 40.3. The van der Waals surface area contributed by atoms with E-state index in [0.717, 1.165) is 32.1 Å². The molecule has 5 fully saturated rings. The number of nitrogens with one attached hydrogen (secondary N) is 1. The van der Waals surface area contributed by atoms with Crippen LogP contribution < -0.4 is 5.32 Å². The summed E-state index contributed by atoms with van der Waals surface area (Å²) >= 11 is 0. The molecular weight excluding hydrogens is 432 g/mol. The Bertz CT molecular complexity index is 882. The second-order valence-electron chi connectivity index (χ2n) is 11.1. The molecule has 2 amide bonds. The molecule has 2 N–H and O–H groups in total. The van der Waals surface area contributed by atoms with Gasteiger partial charge in [0.2, 0.25) is 5.91 Å². The van der Waals surface area contributed by atoms with E-state index < -0.39 is 18.1 Å². The standard InChI is InChI=1S/C27H36N2O5/c30-22-12-23(25(32)34-17-24(31)28-8-4-7-18-5-2-1-3-6-18)29(16-22)26(33)27-13-19-9-20(14-27)11-21(10-19)15-27/h1-3,5-6,19-23,30H,4,7-17H2,(H,28,31)/t19?,20?,21?,22?,23-,27?/m0/s1. The number of benzene rings is 1. The summed E-state index contributed by atoms with van der Waals surface area (Å²) in [6, 6.07) is 9.25. The molecule has 1 aromatic carbocycles. The molecule has 4 aliphatic carbocycles. The summed E-state index contributed by atoms with van der Waals surface area (Å²) in [7, 11) is 0. The quantitative estimate of drug-likeness (QED) is 0.451. The normalized spacial score (nSPS) is 33.7. The number of β-amino-alcohol motifs (C(OH)–C–C–N with tert-alkyl or cyclic N) is 1. The van der Waals surface area contributed by atoms with Crippen LogP contribution in [0.3, 0.4) is 0 Å². The highest BCUT2D eigenvalue weighted by Crippen LogP contribution is 2.60. The summed E-state index contributed by atoms with van der Waals surface area (Å²) in [5.41, 5.74) is 0.847. The first kappa shape index (κ1) is 23.3. The number of aryl methyl sites for hydroxylation is 1. The van der Waals surface area contributed by atoms with Gasteiger partial charge in [-0.2, -0.15) is 0 Å². The topological polar surface area (TPSA) is 95.9 Å². The van der Waals surface area contributed by atoms with Crippen LogP contribution in [0.15, 0.2) is 30.3 Å². The Morgan fingerprint density at radius 2 is 1.65 bits per heavy atom. The van der Waals surface area contributed by atoms with Gasteiger partial charge in [-0.1, -0.05) is 30.3 Å². The lowest BCUT2D eigenvalue weighted by molar-refractivity contribution is -0.166. The molecular formula is C27H36N2O5. The Labute approximate surface area is 201 Å². The number of ether oxygens (including phenoxy) is 1. The molecule has 4 saturated carbocycles. The molecule has 1 aliphatic heterocycles. The Morgan fingerprint density at radius 1 is 1.00 bits per heavy atom. The Kier molecular flexibility index (Phi) is 6.65. The van der Waals surface area contributed by atoms with Crippen molar-refractivity contribution >= 4 is 17.8 Å². The minimum absolute atomic E-state index is 0.0236. The molecule has 0 spiro atoms. The van der Waals surface area contributed by atoms with Crippen molar-refractivity contribution < 1.29 is 24.2 Å². The van der Waals surface area contributed by atoms with Crippen LogP contribution in [0.25, 0.3) is 0 Å². The fourth-order valence-corrected chi connectivity index (χ4v) is 7.39. The third-order valence-corrected chi connectivity index (χ3v) is 8.46. The van der Waals surface area contributed by atoms with Crippen molar-refractivity contribution in [3.05, 3.63) is 35.9 Å². The first-order valence-electron chi connectivity index (χ1n) is 12.9. The van der Waals surface area contributed by atoms with Crippen LogP contribution in [0.2, 0.25) is 0 Å². The predicted molar refractivity (Wildman–Crippen MR) is 125 cm³/mol. The highest BCUT2D eigenvalue weighted by Gasteiger charge is 2.57. The van der Waals surface area contributed by atoms with Gasteiger partial charge in [-0.25, -0.2) is 4.79 Å². The van der Waals surface area contributed by atoms with E-state index in [1.807, 2.05) is 18.2 Å². The van der Waals surface area contributed by atoms with Gasteiger partial charge in [0.05, 0.1) is 11.5 Å². The van der Waals surface area contributed by atoms with E-state index in [-0.39, 0.29) is 36.8 Å². The van der Waals surface area contributed by atoms with Crippen molar-refractivity contribution in [3.8, 4) is 0 Å². The summed E-state index contributed by atoms with van der Waals surface area (Å²) in [6.45, 7) is 0.312. The van der Waals surface area contributed by atoms with Crippen molar-refractivity contribution in [1.29, 1.82) is 0 Å². The number of carbonyl (C=O) groups is 3. The lowest BCUT2D eigenvalue weighted by atomic mass is 9.49. The lowest BCUT2D eigenvalue weighted by Gasteiger charge is -2.56. The molecule has 6 rings (SSSR count). The van der Waals surface area contributed by atoms with Gasteiger partial charge in [0.15, 0.2) is 6.61 Å². The van der Waals surface area contributed by atoms with Crippen molar-refractivity contribution in [2.45, 2.75) is 69.9 Å². The van der Waals surface area contributed by atoms with Crippen LogP contribution in [0.4, 0.5) is 0 Å². The maximum Gasteiger partial charge on any atom is 0.329 e. The highest BCUT2D eigenvalue weighted by molar-refractivity contribution is 5.90. The number of aliphatic hydroxyl groups is 1. The zero-order valence-electron chi connectivity index (χ0n) is 19.8. The van der Waals surface area contributed by atoms with Crippen LogP contribution in [0.1, 0.15) is 56.9 Å². The van der Waals surface area contributed by atoms with E-state index in [4.69, 9.17) is 4.74 Å². The van der Waals surface area contributed by atoms with E-state index in [2.05, 4.69) is 17.4 Å². The van der Waals surface area contributed by atoms with Crippen LogP contribution in [0.5, 0.6) is 0 Å². The van der Waals surface area contributed by atoms with Crippen LogP contribution in [-0.2, 0) is 25.5 Å². The van der Waals surface area contributed by atoms with E-state index >= 15 is 0 Å². The maximum absolute atomic E-state index is 13.7. The van der Waals surface area contributed by atoms with Crippen LogP contribution >= 0.6 is 0 Å². The minimum atomic E-state index is -0.804. The number of hydrogen-bond acceptors (Lipinski definition) is 5. The third-order valence-electron chi connectivity index (χ3n) is 8.46. The van der Waals surface area contributed by atoms with Crippen molar-refractivity contribution in [2.24, 2.45) is 23.2 Å². The van der Waals surface area contributed by atoms with Crippen LogP contribution in [0, 0.1) is 23.2 Å². The fourth-order valence-electron chi connectivity index (χ4n) is 7.39. The van der Waals surface area contributed by atoms with Gasteiger partial charge in [-0.15, -0.1) is 0 Å². The number of aliphatic hydroxyl groups excluding tert-OH is 1. The number of carbonyl (C=O) groups excluding carboxylic acids is 3. The SMILES string of the molecule is O=C(COC(=O)[C@@H]1CC(O)CN1C(=O)C12CC3CC(CC(C3)C1)C2)NCCCc1ccccc1. The zero-order chi connectivity index (χ0) is 23.7. The van der Waals surface area contributed by atoms with Gasteiger partial charge in [-0.05, 0) is 74.7 Å². The van der Waals surface area contributed by atoms with Crippen LogP contribution in [-0.4, -0.2) is 59.6 Å². The predicted octanol–water partition coefficient (Wildman–Crippen LogP) is 2.46. The van der Waals surface area contributed by atoms with E-state index in [1.165, 1.54) is 24.8 Å². The van der Waals surface area contributed by atoms with Gasteiger partial charge >= 0.3 is 5.97 Å². The average molecular weight is 469 g/mol. The summed E-state index contributed by atoms with van der Waals surface area (Å²) < 4.78 is 5.29. The highest BCUT2D eigenvalue weighted by atomic mass is 16.5. The van der Waals surface area contributed by atoms with Crippen molar-refractivity contribution in [3.63, 3.8) is 0 Å². The second-order valence-corrected chi connectivity index (χ2v) is 11.1. The Balaban J connectivity index is 1.11. The second kappa shape index (κ2) is 9.68. The third kappa shape index (κ3) is 4.85. The van der Waals surface area contributed by atoms with Gasteiger partial charge < -0.3 is 20.1 Å². The monoisotopic (exact) mass is 468 g/mol. The molecule has 1 aromatic rings. The summed E-state index contributed by atoms with van der Waals surface area (Å²) in [5.74, 6) is 0.958. The molecule has 34 heavy (non-hydrogen) atoms. The summed E-state index contributed by atoms with van der Waals surface area (Å²) in [5, 5.41) is 13.1. The minimum Gasteiger partial charge on any atom is -0.454 e. The van der Waals surface area contributed by atoms with Gasteiger partial charge in [0.25, 0.3) is 5.91 Å². The molecule has 7 nitrogen and oxygen atoms in total. The number of hydrogen-bond donors (Lipinski definition) is 2. The molecule has 4 bridgehead atoms. The van der Waals surface area contributed by atoms with E-state index in [1.54, 1.807) is 4.90 Å². The van der Waals surface area contributed by atoms with E-state index in [0.29, 0.717) is 24.3 Å². The molecule has 1 unspecified atom stereocenters. The molecule has 0 radical (unpaired) electrons. The largest absolute Gasteiger partial charge is 0.454 e. The van der Waals surface area contributed by atoms with Gasteiger partial charge in [0.1, 0.15) is 6.04 Å². The molecule has 1 saturated heterocycles. The molecule has 184 valence electrons. The number of likely N-dealkylation sites (tertiary alicyclic amines) is 1. The fraction of sp³-hybridized carbons (Fsp3) is 0.667. The maximum atomic E-state index is 13.7. The molecule has 5 aliphatic rings. The summed E-state index contributed by atoms with van der Waals surface area (Å²) in [6.07, 6.45) is 7.56. The number of esters is 1. The number of amides is 2. The zero-order valence-corrected chi connectivity index (χ0v) is 19.8. The van der Waals surface area contributed by atoms with Gasteiger partial charge in [0, 0.05) is 19.5 Å². The lowest BCUT2D eigenvalue weighted by Crippen LogP contribution is -2.56. The van der Waals surface area contributed by atoms with E-state index in [9.17, 15) is 19.5 Å². The van der Waals surface area contributed by atoms with Gasteiger partial charge in [-0.3, -0.25) is 9.59 Å². The van der Waals surface area contributed by atoms with Crippen molar-refractivity contribution in [2.75, 3.05) is 19.7 Å². The number of rotatable bonds is 8. The molecule has 7 heteroatoms. The first-order valence-corrected chi connectivity index (χ1v) is 12.9. The molecule has 2 atom stereocenters. The number of nitrogens with zero attached hydrogens (tertiary/aromatic N) is 1. The van der Waals surface area contributed by atoms with Crippen molar-refractivity contribution in [1.82, 2.24) is 10.2 Å². The average Bonchev–Trinajstić information content (AvgIpc) is 3.21. The smallest absolute Gasteiger partial charge is 0.329 e. The first-order chi connectivity index (χ1) is 16.4. The molecule has 0 aromatic heterocycles. The Morgan fingerprint density at radius 3 is 2.29 bits per heavy atom. The molecule has 1 heterocycles.